The molecule has 0 aliphatic carbocycles. The van der Waals surface area contributed by atoms with Crippen molar-refractivity contribution >= 4 is 46.9 Å². The van der Waals surface area contributed by atoms with Gasteiger partial charge in [-0.2, -0.15) is 0 Å². The highest BCUT2D eigenvalue weighted by Gasteiger charge is 2.13. The quantitative estimate of drug-likeness (QED) is 0.635. The van der Waals surface area contributed by atoms with Gasteiger partial charge in [0.2, 0.25) is 0 Å². The second-order valence-corrected chi connectivity index (χ2v) is 5.84. The number of benzene rings is 2. The van der Waals surface area contributed by atoms with Gasteiger partial charge < -0.3 is 0 Å². The predicted octanol–water partition coefficient (Wildman–Crippen LogP) is 5.41. The van der Waals surface area contributed by atoms with Crippen molar-refractivity contribution in [1.29, 1.82) is 5.41 Å². The Morgan fingerprint density at radius 3 is 2.38 bits per heavy atom. The van der Waals surface area contributed by atoms with Crippen LogP contribution >= 0.6 is 46.9 Å². The Hall–Kier alpha value is -1.26. The smallest absolute Gasteiger partial charge is 0.187 e. The van der Waals surface area contributed by atoms with Gasteiger partial charge >= 0.3 is 0 Å². The molecular weight excluding hydrogens is 347 g/mol. The molecule has 0 saturated carbocycles. The minimum Gasteiger partial charge on any atom is -0.284 e. The van der Waals surface area contributed by atoms with Crippen LogP contribution in [0.4, 0.5) is 0 Å². The van der Waals surface area contributed by atoms with E-state index in [0.29, 0.717) is 14.8 Å². The van der Waals surface area contributed by atoms with Gasteiger partial charge in [0.1, 0.15) is 0 Å². The zero-order valence-corrected chi connectivity index (χ0v) is 13.9. The molecule has 1 N–H and O–H groups in total. The van der Waals surface area contributed by atoms with Crippen molar-refractivity contribution < 1.29 is 0 Å². The minimum atomic E-state index is 0. The van der Waals surface area contributed by atoms with Gasteiger partial charge in [0, 0.05) is 5.38 Å². The lowest BCUT2D eigenvalue weighted by Crippen LogP contribution is -2.12. The fraction of sp³-hybridized carbons (Fsp3) is 0. The second kappa shape index (κ2) is 6.67. The van der Waals surface area contributed by atoms with Gasteiger partial charge in [0.25, 0.3) is 0 Å². The molecule has 108 valence electrons. The lowest BCUT2D eigenvalue weighted by molar-refractivity contribution is 0.987. The summed E-state index contributed by atoms with van der Waals surface area (Å²) in [6.45, 7) is 0. The molecule has 21 heavy (non-hydrogen) atoms. The lowest BCUT2D eigenvalue weighted by Gasteiger charge is -2.11. The monoisotopic (exact) mass is 356 g/mol. The van der Waals surface area contributed by atoms with Gasteiger partial charge in [-0.25, -0.2) is 0 Å². The summed E-state index contributed by atoms with van der Waals surface area (Å²) >= 11 is 13.7. The molecule has 0 aliphatic rings. The Labute approximate surface area is 142 Å². The Kier molecular flexibility index (Phi) is 5.12. The van der Waals surface area contributed by atoms with E-state index in [2.05, 4.69) is 0 Å². The number of halogens is 3. The van der Waals surface area contributed by atoms with E-state index in [1.807, 2.05) is 52.4 Å². The fourth-order valence-electron chi connectivity index (χ4n) is 2.04. The zero-order valence-electron chi connectivity index (χ0n) is 10.7. The topological polar surface area (TPSA) is 28.8 Å². The van der Waals surface area contributed by atoms with E-state index in [1.54, 1.807) is 6.07 Å². The van der Waals surface area contributed by atoms with E-state index in [1.165, 1.54) is 11.3 Å². The van der Waals surface area contributed by atoms with Crippen molar-refractivity contribution in [2.45, 2.75) is 0 Å². The van der Waals surface area contributed by atoms with Crippen LogP contribution in [0, 0.1) is 5.41 Å². The van der Waals surface area contributed by atoms with Gasteiger partial charge in [-0.1, -0.05) is 59.6 Å². The summed E-state index contributed by atoms with van der Waals surface area (Å²) in [5.41, 5.74) is 2.70. The van der Waals surface area contributed by atoms with Crippen molar-refractivity contribution in [3.05, 3.63) is 68.8 Å². The van der Waals surface area contributed by atoms with E-state index in [4.69, 9.17) is 28.6 Å². The summed E-state index contributed by atoms with van der Waals surface area (Å²) in [6.07, 6.45) is 0. The molecule has 1 aromatic heterocycles. The molecule has 0 amide bonds. The molecule has 0 saturated heterocycles. The summed E-state index contributed by atoms with van der Waals surface area (Å²) < 4.78 is 1.81. The average Bonchev–Trinajstić information content (AvgIpc) is 2.85. The minimum absolute atomic E-state index is 0. The molecule has 0 fully saturated rings. The highest BCUT2D eigenvalue weighted by atomic mass is 35.5. The molecule has 2 nitrogen and oxygen atoms in total. The van der Waals surface area contributed by atoms with Crippen molar-refractivity contribution in [3.63, 3.8) is 0 Å². The van der Waals surface area contributed by atoms with Crippen molar-refractivity contribution in [3.8, 4) is 16.9 Å². The Morgan fingerprint density at radius 1 is 0.952 bits per heavy atom. The van der Waals surface area contributed by atoms with E-state index < -0.39 is 0 Å². The first-order valence-corrected chi connectivity index (χ1v) is 7.57. The van der Waals surface area contributed by atoms with Gasteiger partial charge in [0.05, 0.1) is 21.4 Å². The molecule has 3 rings (SSSR count). The molecule has 0 bridgehead atoms. The third kappa shape index (κ3) is 3.01. The van der Waals surface area contributed by atoms with Crippen molar-refractivity contribution in [1.82, 2.24) is 4.57 Å². The Balaban J connectivity index is 0.00000161. The molecule has 3 aromatic rings. The molecule has 0 aliphatic heterocycles. The molecule has 0 radical (unpaired) electrons. The predicted molar refractivity (Wildman–Crippen MR) is 92.2 cm³/mol. The number of rotatable bonds is 2. The van der Waals surface area contributed by atoms with Crippen LogP contribution < -0.4 is 4.80 Å². The zero-order chi connectivity index (χ0) is 14.1. The van der Waals surface area contributed by atoms with Crippen molar-refractivity contribution in [2.24, 2.45) is 0 Å². The number of thiazole rings is 1. The number of aromatic nitrogens is 1. The number of hydrogen-bond acceptors (Lipinski definition) is 2. The molecular formula is C15H11Cl3N2S. The maximum absolute atomic E-state index is 8.13. The SMILES string of the molecule is Cl.N=c1scc(-c2ccccc2)n1-c1cccc(Cl)c1Cl. The van der Waals surface area contributed by atoms with Gasteiger partial charge in [-0.15, -0.1) is 23.7 Å². The summed E-state index contributed by atoms with van der Waals surface area (Å²) in [5, 5.41) is 11.0. The Morgan fingerprint density at radius 2 is 1.67 bits per heavy atom. The first-order valence-electron chi connectivity index (χ1n) is 5.93. The van der Waals surface area contributed by atoms with E-state index in [9.17, 15) is 0 Å². The summed E-state index contributed by atoms with van der Waals surface area (Å²) in [5.74, 6) is 0. The maximum Gasteiger partial charge on any atom is 0.187 e. The largest absolute Gasteiger partial charge is 0.284 e. The standard InChI is InChI=1S/C15H10Cl2N2S.ClH/c16-11-7-4-8-12(14(11)17)19-13(9-20-15(19)18)10-5-2-1-3-6-10;/h1-9,18H;1H. The summed E-state index contributed by atoms with van der Waals surface area (Å²) in [6, 6.07) is 15.4. The normalized spacial score (nSPS) is 10.2. The van der Waals surface area contributed by atoms with Gasteiger partial charge in [-0.3, -0.25) is 9.98 Å². The molecule has 1 heterocycles. The third-order valence-electron chi connectivity index (χ3n) is 2.97. The third-order valence-corrected chi connectivity index (χ3v) is 4.52. The first kappa shape index (κ1) is 16.1. The highest BCUT2D eigenvalue weighted by Crippen LogP contribution is 2.31. The highest BCUT2D eigenvalue weighted by molar-refractivity contribution is 7.07. The summed E-state index contributed by atoms with van der Waals surface area (Å²) in [7, 11) is 0. The average molecular weight is 358 g/mol. The molecule has 0 unspecified atom stereocenters. The fourth-order valence-corrected chi connectivity index (χ4v) is 3.18. The van der Waals surface area contributed by atoms with Gasteiger partial charge in [0.15, 0.2) is 4.80 Å². The number of nitrogens with one attached hydrogen (secondary N) is 1. The van der Waals surface area contributed by atoms with Crippen LogP contribution in [0.2, 0.25) is 10.0 Å². The van der Waals surface area contributed by atoms with Crippen molar-refractivity contribution in [2.75, 3.05) is 0 Å². The van der Waals surface area contributed by atoms with E-state index in [0.717, 1.165) is 16.9 Å². The Bertz CT molecular complexity index is 809. The van der Waals surface area contributed by atoms with Gasteiger partial charge in [-0.05, 0) is 17.7 Å². The number of hydrogen-bond donors (Lipinski definition) is 1. The van der Waals surface area contributed by atoms with Crippen LogP contribution in [-0.4, -0.2) is 4.57 Å². The van der Waals surface area contributed by atoms with Crippen LogP contribution in [0.5, 0.6) is 0 Å². The molecule has 6 heteroatoms. The van der Waals surface area contributed by atoms with Crippen LogP contribution in [-0.2, 0) is 0 Å². The summed E-state index contributed by atoms with van der Waals surface area (Å²) in [4.78, 5) is 0.410. The molecule has 0 spiro atoms. The van der Waals surface area contributed by atoms with Crippen LogP contribution in [0.3, 0.4) is 0 Å². The first-order chi connectivity index (χ1) is 9.68. The molecule has 2 aromatic carbocycles. The molecule has 0 atom stereocenters. The van der Waals surface area contributed by atoms with Crippen LogP contribution in [0.25, 0.3) is 16.9 Å². The van der Waals surface area contributed by atoms with E-state index >= 15 is 0 Å². The lowest BCUT2D eigenvalue weighted by atomic mass is 10.1. The second-order valence-electron chi connectivity index (χ2n) is 4.20. The number of nitrogens with zero attached hydrogens (tertiary/aromatic N) is 1. The van der Waals surface area contributed by atoms with Crippen LogP contribution in [0.15, 0.2) is 53.9 Å². The maximum atomic E-state index is 8.13. The van der Waals surface area contributed by atoms with Crippen LogP contribution in [0.1, 0.15) is 0 Å². The van der Waals surface area contributed by atoms with E-state index in [-0.39, 0.29) is 12.4 Å².